The minimum absolute atomic E-state index is 0.0617. The summed E-state index contributed by atoms with van der Waals surface area (Å²) in [5.74, 6) is -1.11. The molecule has 0 bridgehead atoms. The van der Waals surface area contributed by atoms with Crippen molar-refractivity contribution in [1.29, 1.82) is 0 Å². The van der Waals surface area contributed by atoms with E-state index < -0.39 is 18.4 Å². The number of Topliss-reactive ketones (excluding diaryl/α,β-unsaturated/α-hetero) is 1. The largest absolute Gasteiger partial charge is 0.494 e. The molecule has 0 fully saturated rings. The highest BCUT2D eigenvalue weighted by molar-refractivity contribution is 5.83. The number of alkyl halides is 3. The molecule has 0 aliphatic heterocycles. The zero-order chi connectivity index (χ0) is 12.9. The Hall–Kier alpha value is -1.52. The average Bonchev–Trinajstić information content (AvgIpc) is 2.25. The Bertz CT molecular complexity index is 368. The van der Waals surface area contributed by atoms with Gasteiger partial charge in [-0.15, -0.1) is 0 Å². The maximum atomic E-state index is 11.9. The standard InChI is InChI=1S/C12H13F3O2/c1-9-4-6-10(7-5-9)17-8-2-3-11(16)12(13,14)15/h4-7H,2-3,8H2,1H3. The zero-order valence-electron chi connectivity index (χ0n) is 9.38. The molecule has 5 heteroatoms. The summed E-state index contributed by atoms with van der Waals surface area (Å²) < 4.78 is 40.8. The minimum Gasteiger partial charge on any atom is -0.494 e. The van der Waals surface area contributed by atoms with Crippen LogP contribution in [0.3, 0.4) is 0 Å². The molecule has 2 nitrogen and oxygen atoms in total. The van der Waals surface area contributed by atoms with Crippen LogP contribution in [0.25, 0.3) is 0 Å². The molecule has 1 aromatic rings. The van der Waals surface area contributed by atoms with Crippen molar-refractivity contribution in [3.63, 3.8) is 0 Å². The van der Waals surface area contributed by atoms with E-state index in [2.05, 4.69) is 0 Å². The zero-order valence-corrected chi connectivity index (χ0v) is 9.38. The number of aryl methyl sites for hydroxylation is 1. The lowest BCUT2D eigenvalue weighted by Gasteiger charge is -2.07. The second-order valence-corrected chi connectivity index (χ2v) is 3.69. The topological polar surface area (TPSA) is 26.3 Å². The second-order valence-electron chi connectivity index (χ2n) is 3.69. The third kappa shape index (κ3) is 4.89. The van der Waals surface area contributed by atoms with E-state index in [0.717, 1.165) is 5.56 Å². The molecule has 0 aromatic heterocycles. The highest BCUT2D eigenvalue weighted by Crippen LogP contribution is 2.19. The number of hydrogen-bond donors (Lipinski definition) is 0. The molecule has 0 unspecified atom stereocenters. The molecular weight excluding hydrogens is 233 g/mol. The summed E-state index contributed by atoms with van der Waals surface area (Å²) in [6, 6.07) is 7.16. The summed E-state index contributed by atoms with van der Waals surface area (Å²) >= 11 is 0. The van der Waals surface area contributed by atoms with Gasteiger partial charge in [-0.1, -0.05) is 17.7 Å². The molecule has 0 spiro atoms. The number of ketones is 1. The Kier molecular flexibility index (Phi) is 4.54. The van der Waals surface area contributed by atoms with Gasteiger partial charge in [0.2, 0.25) is 5.78 Å². The third-order valence-corrected chi connectivity index (χ3v) is 2.15. The number of carbonyl (C=O) groups is 1. The van der Waals surface area contributed by atoms with Crippen molar-refractivity contribution in [3.05, 3.63) is 29.8 Å². The van der Waals surface area contributed by atoms with E-state index in [0.29, 0.717) is 5.75 Å². The molecule has 0 radical (unpaired) electrons. The molecule has 0 saturated carbocycles. The van der Waals surface area contributed by atoms with Crippen LogP contribution < -0.4 is 4.74 Å². The quantitative estimate of drug-likeness (QED) is 0.745. The Labute approximate surface area is 97.4 Å². The fourth-order valence-electron chi connectivity index (χ4n) is 1.20. The van der Waals surface area contributed by atoms with Crippen LogP contribution in [-0.4, -0.2) is 18.6 Å². The lowest BCUT2D eigenvalue weighted by molar-refractivity contribution is -0.171. The van der Waals surface area contributed by atoms with Crippen molar-refractivity contribution < 1.29 is 22.7 Å². The predicted molar refractivity (Wildman–Crippen MR) is 57.0 cm³/mol. The molecule has 0 amide bonds. The maximum Gasteiger partial charge on any atom is 0.449 e. The van der Waals surface area contributed by atoms with Gasteiger partial charge < -0.3 is 4.74 Å². The molecule has 1 rings (SSSR count). The first kappa shape index (κ1) is 13.5. The molecule has 0 N–H and O–H groups in total. The fraction of sp³-hybridized carbons (Fsp3) is 0.417. The van der Waals surface area contributed by atoms with Crippen molar-refractivity contribution >= 4 is 5.78 Å². The highest BCUT2D eigenvalue weighted by atomic mass is 19.4. The SMILES string of the molecule is Cc1ccc(OCCCC(=O)C(F)(F)F)cc1. The van der Waals surface area contributed by atoms with Crippen molar-refractivity contribution in [1.82, 2.24) is 0 Å². The molecule has 1 aromatic carbocycles. The van der Waals surface area contributed by atoms with Crippen molar-refractivity contribution in [2.24, 2.45) is 0 Å². The van der Waals surface area contributed by atoms with Gasteiger partial charge in [-0.2, -0.15) is 13.2 Å². The van der Waals surface area contributed by atoms with Gasteiger partial charge in [0.1, 0.15) is 5.75 Å². The van der Waals surface area contributed by atoms with Gasteiger partial charge in [0.15, 0.2) is 0 Å². The Morgan fingerprint density at radius 2 is 1.82 bits per heavy atom. The number of hydrogen-bond acceptors (Lipinski definition) is 2. The van der Waals surface area contributed by atoms with Gasteiger partial charge in [0, 0.05) is 6.42 Å². The summed E-state index contributed by atoms with van der Waals surface area (Å²) in [6.07, 6.45) is -5.20. The summed E-state index contributed by atoms with van der Waals surface area (Å²) in [6.45, 7) is 2.02. The first-order valence-corrected chi connectivity index (χ1v) is 5.19. The smallest absolute Gasteiger partial charge is 0.449 e. The molecular formula is C12H13F3O2. The van der Waals surface area contributed by atoms with Crippen molar-refractivity contribution in [2.45, 2.75) is 25.9 Å². The van der Waals surface area contributed by atoms with E-state index in [1.54, 1.807) is 12.1 Å². The molecule has 0 atom stereocenters. The first-order valence-electron chi connectivity index (χ1n) is 5.19. The lowest BCUT2D eigenvalue weighted by Crippen LogP contribution is -2.22. The van der Waals surface area contributed by atoms with E-state index in [1.165, 1.54) is 0 Å². The van der Waals surface area contributed by atoms with Crippen LogP contribution in [0.5, 0.6) is 5.75 Å². The van der Waals surface area contributed by atoms with Gasteiger partial charge >= 0.3 is 6.18 Å². The number of ether oxygens (including phenoxy) is 1. The summed E-state index contributed by atoms with van der Waals surface area (Å²) in [5, 5.41) is 0. The third-order valence-electron chi connectivity index (χ3n) is 2.15. The van der Waals surface area contributed by atoms with Crippen LogP contribution in [-0.2, 0) is 4.79 Å². The van der Waals surface area contributed by atoms with E-state index in [4.69, 9.17) is 4.74 Å². The van der Waals surface area contributed by atoms with E-state index in [-0.39, 0.29) is 13.0 Å². The van der Waals surface area contributed by atoms with Crippen molar-refractivity contribution in [3.8, 4) is 5.75 Å². The maximum absolute atomic E-state index is 11.9. The van der Waals surface area contributed by atoms with Crippen molar-refractivity contribution in [2.75, 3.05) is 6.61 Å². The second kappa shape index (κ2) is 5.70. The fourth-order valence-corrected chi connectivity index (χ4v) is 1.20. The highest BCUT2D eigenvalue weighted by Gasteiger charge is 2.37. The molecule has 17 heavy (non-hydrogen) atoms. The van der Waals surface area contributed by atoms with Crippen LogP contribution in [0.15, 0.2) is 24.3 Å². The van der Waals surface area contributed by atoms with Gasteiger partial charge in [0.05, 0.1) is 6.61 Å². The summed E-state index contributed by atoms with van der Waals surface area (Å²) in [7, 11) is 0. The predicted octanol–water partition coefficient (Wildman–Crippen LogP) is 3.29. The summed E-state index contributed by atoms with van der Waals surface area (Å²) in [4.78, 5) is 10.5. The Balaban J connectivity index is 2.25. The normalized spacial score (nSPS) is 11.3. The van der Waals surface area contributed by atoms with Crippen LogP contribution in [0.1, 0.15) is 18.4 Å². The Morgan fingerprint density at radius 3 is 2.35 bits per heavy atom. The molecule has 0 heterocycles. The van der Waals surface area contributed by atoms with E-state index >= 15 is 0 Å². The molecule has 0 aliphatic carbocycles. The number of halogens is 3. The van der Waals surface area contributed by atoms with Gasteiger partial charge in [-0.05, 0) is 25.5 Å². The molecule has 0 saturated heterocycles. The Morgan fingerprint density at radius 1 is 1.24 bits per heavy atom. The molecule has 0 aliphatic rings. The monoisotopic (exact) mass is 246 g/mol. The van der Waals surface area contributed by atoms with Gasteiger partial charge in [0.25, 0.3) is 0 Å². The first-order chi connectivity index (χ1) is 7.89. The van der Waals surface area contributed by atoms with Crippen LogP contribution in [0.4, 0.5) is 13.2 Å². The van der Waals surface area contributed by atoms with E-state index in [9.17, 15) is 18.0 Å². The van der Waals surface area contributed by atoms with Gasteiger partial charge in [-0.3, -0.25) is 4.79 Å². The summed E-state index contributed by atoms with van der Waals surface area (Å²) in [5.41, 5.74) is 1.07. The number of rotatable bonds is 5. The van der Waals surface area contributed by atoms with Crippen LogP contribution in [0.2, 0.25) is 0 Å². The number of carbonyl (C=O) groups excluding carboxylic acids is 1. The average molecular weight is 246 g/mol. The lowest BCUT2D eigenvalue weighted by atomic mass is 10.2. The minimum atomic E-state index is -4.73. The number of benzene rings is 1. The van der Waals surface area contributed by atoms with Crippen LogP contribution >= 0.6 is 0 Å². The molecule has 94 valence electrons. The van der Waals surface area contributed by atoms with E-state index in [1.807, 2.05) is 19.1 Å². The van der Waals surface area contributed by atoms with Gasteiger partial charge in [-0.25, -0.2) is 0 Å². The van der Waals surface area contributed by atoms with Crippen LogP contribution in [0, 0.1) is 6.92 Å².